The Morgan fingerprint density at radius 1 is 1.17 bits per heavy atom. The molecule has 2 N–H and O–H groups in total. The third-order valence-corrected chi connectivity index (χ3v) is 3.52. The topological polar surface area (TPSA) is 132 Å². The van der Waals surface area contributed by atoms with Gasteiger partial charge < -0.3 is 9.57 Å². The van der Waals surface area contributed by atoms with E-state index < -0.39 is 17.5 Å². The predicted molar refractivity (Wildman–Crippen MR) is 108 cm³/mol. The summed E-state index contributed by atoms with van der Waals surface area (Å²) in [5.74, 6) is -0.242. The first-order valence-electron chi connectivity index (χ1n) is 9.08. The summed E-state index contributed by atoms with van der Waals surface area (Å²) in [4.78, 5) is 35.3. The smallest absolute Gasteiger partial charge is 0.439 e. The largest absolute Gasteiger partial charge is 0.444 e. The average Bonchev–Trinajstić information content (AvgIpc) is 3.10. The van der Waals surface area contributed by atoms with Crippen LogP contribution in [0.25, 0.3) is 0 Å². The van der Waals surface area contributed by atoms with Crippen molar-refractivity contribution in [2.75, 3.05) is 5.32 Å². The molecule has 10 nitrogen and oxygen atoms in total. The lowest BCUT2D eigenvalue weighted by Crippen LogP contribution is -2.27. The van der Waals surface area contributed by atoms with Crippen LogP contribution in [0.5, 0.6) is 0 Å². The first-order chi connectivity index (χ1) is 14.3. The molecule has 0 aliphatic heterocycles. The Kier molecular flexibility index (Phi) is 6.26. The van der Waals surface area contributed by atoms with E-state index in [1.165, 1.54) is 0 Å². The Bertz CT molecular complexity index is 1080. The van der Waals surface area contributed by atoms with E-state index in [9.17, 15) is 9.59 Å². The van der Waals surface area contributed by atoms with E-state index >= 15 is 0 Å². The number of benzene rings is 1. The minimum Gasteiger partial charge on any atom is -0.444 e. The molecule has 1 amide bonds. The van der Waals surface area contributed by atoms with Crippen molar-refractivity contribution in [3.63, 3.8) is 0 Å². The molecule has 3 rings (SSSR count). The zero-order valence-corrected chi connectivity index (χ0v) is 16.7. The van der Waals surface area contributed by atoms with Crippen LogP contribution in [0, 0.1) is 0 Å². The Morgan fingerprint density at radius 2 is 1.93 bits per heavy atom. The number of ether oxygens (including phenoxy) is 1. The number of aromatic amines is 1. The summed E-state index contributed by atoms with van der Waals surface area (Å²) in [5.41, 5.74) is 0.878. The summed E-state index contributed by atoms with van der Waals surface area (Å²) >= 11 is 0. The van der Waals surface area contributed by atoms with Crippen LogP contribution in [0.2, 0.25) is 0 Å². The molecule has 0 saturated heterocycles. The third-order valence-electron chi connectivity index (χ3n) is 3.52. The second-order valence-electron chi connectivity index (χ2n) is 7.16. The summed E-state index contributed by atoms with van der Waals surface area (Å²) < 4.78 is 9.76. The highest BCUT2D eigenvalue weighted by Gasteiger charge is 2.17. The zero-order chi connectivity index (χ0) is 21.6. The number of rotatable bonds is 6. The molecule has 1 aromatic carbocycles. The zero-order valence-electron chi connectivity index (χ0n) is 16.7. The van der Waals surface area contributed by atoms with E-state index in [1.54, 1.807) is 51.1 Å². The summed E-state index contributed by atoms with van der Waals surface area (Å²) in [6.45, 7) is 5.33. The fraction of sp³-hybridized carbons (Fsp3) is 0.250. The Balaban J connectivity index is 1.71. The van der Waals surface area contributed by atoms with Gasteiger partial charge >= 0.3 is 11.8 Å². The van der Waals surface area contributed by atoms with Crippen molar-refractivity contribution >= 4 is 17.6 Å². The van der Waals surface area contributed by atoms with Gasteiger partial charge in [-0.25, -0.2) is 14.6 Å². The van der Waals surface area contributed by atoms with Crippen LogP contribution in [0.1, 0.15) is 37.9 Å². The van der Waals surface area contributed by atoms with Crippen LogP contribution in [-0.2, 0) is 16.2 Å². The maximum absolute atomic E-state index is 11.9. The predicted octanol–water partition coefficient (Wildman–Crippen LogP) is 3.07. The van der Waals surface area contributed by atoms with Gasteiger partial charge in [-0.2, -0.15) is 0 Å². The number of carbonyl (C=O) groups excluding carboxylic acids is 1. The maximum atomic E-state index is 11.9. The van der Waals surface area contributed by atoms with Gasteiger partial charge in [0.25, 0.3) is 0 Å². The van der Waals surface area contributed by atoms with Gasteiger partial charge in [-0.1, -0.05) is 46.7 Å². The first-order valence-corrected chi connectivity index (χ1v) is 9.08. The van der Waals surface area contributed by atoms with Crippen molar-refractivity contribution in [3.8, 4) is 0 Å². The molecule has 0 fully saturated rings. The Morgan fingerprint density at radius 3 is 2.60 bits per heavy atom. The number of hydrogen-bond donors (Lipinski definition) is 2. The molecule has 3 aromatic rings. The van der Waals surface area contributed by atoms with Crippen molar-refractivity contribution in [1.29, 1.82) is 0 Å². The third kappa shape index (κ3) is 6.03. The van der Waals surface area contributed by atoms with Crippen molar-refractivity contribution in [3.05, 3.63) is 76.2 Å². The van der Waals surface area contributed by atoms with Crippen LogP contribution < -0.4 is 11.1 Å². The van der Waals surface area contributed by atoms with Crippen LogP contribution in [0.4, 0.5) is 10.6 Å². The molecule has 10 heteroatoms. The number of aromatic nitrogens is 3. The molecule has 0 aliphatic rings. The number of H-pyrrole nitrogens is 1. The fourth-order valence-electron chi connectivity index (χ4n) is 2.36. The van der Waals surface area contributed by atoms with Gasteiger partial charge in [0, 0.05) is 5.56 Å². The molecule has 0 unspecified atom stereocenters. The van der Waals surface area contributed by atoms with Crippen LogP contribution in [0.3, 0.4) is 0 Å². The minimum absolute atomic E-state index is 0.0161. The summed E-state index contributed by atoms with van der Waals surface area (Å²) in [6.07, 6.45) is -0.604. The molecule has 2 heterocycles. The van der Waals surface area contributed by atoms with Crippen LogP contribution in [0.15, 0.2) is 63.0 Å². The van der Waals surface area contributed by atoms with Gasteiger partial charge in [-0.05, 0) is 32.9 Å². The molecule has 0 bridgehead atoms. The van der Waals surface area contributed by atoms with Crippen molar-refractivity contribution < 1.29 is 18.9 Å². The van der Waals surface area contributed by atoms with Gasteiger partial charge in [0.2, 0.25) is 5.82 Å². The second kappa shape index (κ2) is 9.03. The highest BCUT2D eigenvalue weighted by molar-refractivity contribution is 6.10. The summed E-state index contributed by atoms with van der Waals surface area (Å²) in [7, 11) is 0. The number of pyridine rings is 1. The molecule has 156 valence electrons. The molecular formula is C20H21N5O5. The standard InChI is InChI=1S/C20H21N5O5/c1-20(2,3)29-18(26)22-15-11-7-10-14(21-15)12-28-24-16(13-8-5-4-6-9-13)17-23-19(27)30-25-17/h4-11H,12H2,1-3H3,(H,21,22,26)(H,23,25,27)/b24-16+. The van der Waals surface area contributed by atoms with Crippen molar-refractivity contribution in [2.45, 2.75) is 33.0 Å². The van der Waals surface area contributed by atoms with Gasteiger partial charge in [-0.3, -0.25) is 14.8 Å². The highest BCUT2D eigenvalue weighted by Crippen LogP contribution is 2.12. The minimum atomic E-state index is -0.698. The van der Waals surface area contributed by atoms with E-state index in [0.29, 0.717) is 22.8 Å². The van der Waals surface area contributed by atoms with E-state index in [1.807, 2.05) is 18.2 Å². The number of oxime groups is 1. The fourth-order valence-corrected chi connectivity index (χ4v) is 2.36. The van der Waals surface area contributed by atoms with Crippen LogP contribution in [-0.4, -0.2) is 32.5 Å². The van der Waals surface area contributed by atoms with Gasteiger partial charge in [0.05, 0.1) is 5.69 Å². The Labute approximate surface area is 171 Å². The first kappa shape index (κ1) is 20.8. The molecule has 0 saturated carbocycles. The molecule has 0 radical (unpaired) electrons. The monoisotopic (exact) mass is 411 g/mol. The number of carbonyl (C=O) groups is 1. The number of amides is 1. The molecule has 0 aliphatic carbocycles. The maximum Gasteiger partial charge on any atom is 0.439 e. The van der Waals surface area contributed by atoms with Crippen LogP contribution >= 0.6 is 0 Å². The van der Waals surface area contributed by atoms with E-state index in [4.69, 9.17) is 9.57 Å². The number of anilines is 1. The SMILES string of the molecule is CC(C)(C)OC(=O)Nc1cccc(CO/N=C(\c2ccccc2)c2noc(=O)[nH]2)n1. The lowest BCUT2D eigenvalue weighted by molar-refractivity contribution is 0.0635. The van der Waals surface area contributed by atoms with E-state index in [-0.39, 0.29) is 12.4 Å². The van der Waals surface area contributed by atoms with Gasteiger partial charge in [0.15, 0.2) is 12.3 Å². The number of nitrogens with one attached hydrogen (secondary N) is 2. The summed E-state index contributed by atoms with van der Waals surface area (Å²) in [6, 6.07) is 14.1. The van der Waals surface area contributed by atoms with E-state index in [2.05, 4.69) is 30.1 Å². The second-order valence-corrected chi connectivity index (χ2v) is 7.16. The summed E-state index contributed by atoms with van der Waals surface area (Å²) in [5, 5.41) is 10.3. The lowest BCUT2D eigenvalue weighted by atomic mass is 10.1. The van der Waals surface area contributed by atoms with Crippen molar-refractivity contribution in [1.82, 2.24) is 15.1 Å². The molecule has 30 heavy (non-hydrogen) atoms. The quantitative estimate of drug-likeness (QED) is 0.470. The normalized spacial score (nSPS) is 11.8. The molecule has 2 aromatic heterocycles. The highest BCUT2D eigenvalue weighted by atomic mass is 16.6. The number of hydrogen-bond acceptors (Lipinski definition) is 8. The lowest BCUT2D eigenvalue weighted by Gasteiger charge is -2.19. The molecule has 0 spiro atoms. The van der Waals surface area contributed by atoms with Gasteiger partial charge in [0.1, 0.15) is 11.4 Å². The van der Waals surface area contributed by atoms with Crippen molar-refractivity contribution in [2.24, 2.45) is 5.16 Å². The number of nitrogens with zero attached hydrogens (tertiary/aromatic N) is 3. The molecule has 0 atom stereocenters. The van der Waals surface area contributed by atoms with E-state index in [0.717, 1.165) is 0 Å². The van der Waals surface area contributed by atoms with Gasteiger partial charge in [-0.15, -0.1) is 0 Å². The Hall–Kier alpha value is -3.95. The average molecular weight is 411 g/mol. The molecular weight excluding hydrogens is 390 g/mol.